The lowest BCUT2D eigenvalue weighted by molar-refractivity contribution is -0.123. The largest absolute Gasteiger partial charge is 0.450 e. The van der Waals surface area contributed by atoms with Gasteiger partial charge in [0.05, 0.1) is 13.2 Å². The summed E-state index contributed by atoms with van der Waals surface area (Å²) < 4.78 is 5.03. The molecule has 154 valence electrons. The normalized spacial score (nSPS) is 19.4. The fourth-order valence-corrected chi connectivity index (χ4v) is 3.86. The van der Waals surface area contributed by atoms with Crippen LogP contribution in [0.3, 0.4) is 0 Å². The second kappa shape index (κ2) is 10.4. The second-order valence-corrected chi connectivity index (χ2v) is 7.57. The van der Waals surface area contributed by atoms with Crippen LogP contribution in [0.25, 0.3) is 0 Å². The number of piperazine rings is 1. The summed E-state index contributed by atoms with van der Waals surface area (Å²) in [5.74, 6) is 0.0890. The van der Waals surface area contributed by atoms with E-state index in [4.69, 9.17) is 4.74 Å². The average Bonchev–Trinajstić information content (AvgIpc) is 2.71. The van der Waals surface area contributed by atoms with E-state index in [0.29, 0.717) is 39.3 Å². The maximum atomic E-state index is 12.4. The van der Waals surface area contributed by atoms with Crippen LogP contribution in [0.5, 0.6) is 0 Å². The Hall–Kier alpha value is -2.12. The smallest absolute Gasteiger partial charge is 0.409 e. The van der Waals surface area contributed by atoms with Crippen LogP contribution in [-0.4, -0.2) is 85.2 Å². The molecule has 28 heavy (non-hydrogen) atoms. The van der Waals surface area contributed by atoms with Crippen LogP contribution in [0.4, 0.5) is 4.79 Å². The lowest BCUT2D eigenvalue weighted by atomic mass is 10.0. The molecule has 7 heteroatoms. The molecule has 1 aromatic carbocycles. The first kappa shape index (κ1) is 20.6. The van der Waals surface area contributed by atoms with Crippen molar-refractivity contribution in [2.75, 3.05) is 52.4 Å². The molecule has 0 radical (unpaired) electrons. The molecule has 2 saturated heterocycles. The molecule has 7 nitrogen and oxygen atoms in total. The summed E-state index contributed by atoms with van der Waals surface area (Å²) in [6, 6.07) is 10.8. The first-order chi connectivity index (χ1) is 13.6. The van der Waals surface area contributed by atoms with Crippen molar-refractivity contribution >= 4 is 12.0 Å². The molecule has 0 spiro atoms. The monoisotopic (exact) mass is 388 g/mol. The Morgan fingerprint density at radius 2 is 1.68 bits per heavy atom. The van der Waals surface area contributed by atoms with Crippen LogP contribution in [0, 0.1) is 0 Å². The first-order valence-corrected chi connectivity index (χ1v) is 10.3. The maximum absolute atomic E-state index is 12.4. The summed E-state index contributed by atoms with van der Waals surface area (Å²) in [6.45, 7) is 8.26. The molecule has 1 aromatic rings. The van der Waals surface area contributed by atoms with E-state index in [0.717, 1.165) is 32.5 Å². The Morgan fingerprint density at radius 3 is 2.32 bits per heavy atom. The highest BCUT2D eigenvalue weighted by Gasteiger charge is 2.25. The quantitative estimate of drug-likeness (QED) is 0.801. The number of rotatable bonds is 6. The van der Waals surface area contributed by atoms with Crippen molar-refractivity contribution in [3.05, 3.63) is 35.9 Å². The zero-order valence-corrected chi connectivity index (χ0v) is 16.8. The van der Waals surface area contributed by atoms with Crippen molar-refractivity contribution in [3.8, 4) is 0 Å². The van der Waals surface area contributed by atoms with Gasteiger partial charge in [-0.15, -0.1) is 0 Å². The number of benzene rings is 1. The Balaban J connectivity index is 1.32. The number of ether oxygens (including phenoxy) is 1. The number of piperidine rings is 1. The van der Waals surface area contributed by atoms with E-state index in [1.807, 2.05) is 13.0 Å². The molecule has 2 heterocycles. The fraction of sp³-hybridized carbons (Fsp3) is 0.619. The number of hydrogen-bond acceptors (Lipinski definition) is 5. The van der Waals surface area contributed by atoms with Crippen molar-refractivity contribution in [2.45, 2.75) is 32.4 Å². The highest BCUT2D eigenvalue weighted by molar-refractivity contribution is 5.78. The van der Waals surface area contributed by atoms with E-state index in [1.165, 1.54) is 5.56 Å². The van der Waals surface area contributed by atoms with E-state index in [-0.39, 0.29) is 18.0 Å². The van der Waals surface area contributed by atoms with Crippen LogP contribution in [0.1, 0.15) is 25.3 Å². The number of nitrogens with one attached hydrogen (secondary N) is 1. The number of carbonyl (C=O) groups is 2. The summed E-state index contributed by atoms with van der Waals surface area (Å²) >= 11 is 0. The molecule has 2 amide bonds. The molecule has 0 unspecified atom stereocenters. The van der Waals surface area contributed by atoms with Gasteiger partial charge >= 0.3 is 6.09 Å². The van der Waals surface area contributed by atoms with Crippen molar-refractivity contribution in [2.24, 2.45) is 0 Å². The zero-order chi connectivity index (χ0) is 19.8. The molecule has 3 rings (SSSR count). The van der Waals surface area contributed by atoms with Crippen molar-refractivity contribution in [1.82, 2.24) is 20.0 Å². The Kier molecular flexibility index (Phi) is 7.68. The summed E-state index contributed by atoms with van der Waals surface area (Å²) in [6.07, 6.45) is 1.73. The molecule has 0 atom stereocenters. The van der Waals surface area contributed by atoms with Crippen LogP contribution < -0.4 is 5.32 Å². The van der Waals surface area contributed by atoms with E-state index >= 15 is 0 Å². The standard InChI is InChI=1S/C21H32N4O3/c1-2-28-21(27)25-14-12-24(13-15-25)17-20(26)22-19-8-10-23(11-9-19)16-18-6-4-3-5-7-18/h3-7,19H,2,8-17H2,1H3,(H,22,26). The van der Waals surface area contributed by atoms with Gasteiger partial charge in [0.1, 0.15) is 0 Å². The summed E-state index contributed by atoms with van der Waals surface area (Å²) in [5, 5.41) is 3.19. The second-order valence-electron chi connectivity index (χ2n) is 7.57. The minimum atomic E-state index is -0.256. The molecule has 2 aliphatic heterocycles. The Morgan fingerprint density at radius 1 is 1.00 bits per heavy atom. The van der Waals surface area contributed by atoms with Crippen LogP contribution in [-0.2, 0) is 16.1 Å². The van der Waals surface area contributed by atoms with E-state index in [1.54, 1.807) is 4.90 Å². The average molecular weight is 389 g/mol. The van der Waals surface area contributed by atoms with Gasteiger partial charge in [0.15, 0.2) is 0 Å². The number of amides is 2. The van der Waals surface area contributed by atoms with E-state index in [9.17, 15) is 9.59 Å². The van der Waals surface area contributed by atoms with Gasteiger partial charge in [-0.05, 0) is 25.3 Å². The molecule has 2 aliphatic rings. The number of nitrogens with zero attached hydrogens (tertiary/aromatic N) is 3. The Labute approximate surface area is 167 Å². The maximum Gasteiger partial charge on any atom is 0.409 e. The molecular formula is C21H32N4O3. The van der Waals surface area contributed by atoms with Gasteiger partial charge < -0.3 is 15.0 Å². The zero-order valence-electron chi connectivity index (χ0n) is 16.8. The van der Waals surface area contributed by atoms with E-state index in [2.05, 4.69) is 39.4 Å². The Bertz CT molecular complexity index is 624. The molecular weight excluding hydrogens is 356 g/mol. The topological polar surface area (TPSA) is 65.1 Å². The van der Waals surface area contributed by atoms with Gasteiger partial charge in [-0.25, -0.2) is 4.79 Å². The van der Waals surface area contributed by atoms with Gasteiger partial charge in [0, 0.05) is 51.9 Å². The molecule has 2 fully saturated rings. The SMILES string of the molecule is CCOC(=O)N1CCN(CC(=O)NC2CCN(Cc3ccccc3)CC2)CC1. The molecule has 0 bridgehead atoms. The molecule has 0 aromatic heterocycles. The van der Waals surface area contributed by atoms with Crippen LogP contribution in [0.2, 0.25) is 0 Å². The number of hydrogen-bond donors (Lipinski definition) is 1. The van der Waals surface area contributed by atoms with Gasteiger partial charge in [0.2, 0.25) is 5.91 Å². The summed E-state index contributed by atoms with van der Waals surface area (Å²) in [7, 11) is 0. The predicted octanol–water partition coefficient (Wildman–Crippen LogP) is 1.54. The van der Waals surface area contributed by atoms with Crippen molar-refractivity contribution in [1.29, 1.82) is 0 Å². The fourth-order valence-electron chi connectivity index (χ4n) is 3.86. The lowest BCUT2D eigenvalue weighted by Gasteiger charge is -2.35. The number of carbonyl (C=O) groups excluding carboxylic acids is 2. The first-order valence-electron chi connectivity index (χ1n) is 10.3. The highest BCUT2D eigenvalue weighted by Crippen LogP contribution is 2.14. The van der Waals surface area contributed by atoms with Gasteiger partial charge in [-0.3, -0.25) is 14.6 Å². The molecule has 0 saturated carbocycles. The lowest BCUT2D eigenvalue weighted by Crippen LogP contribution is -2.52. The minimum absolute atomic E-state index is 0.0890. The van der Waals surface area contributed by atoms with Gasteiger partial charge in [-0.1, -0.05) is 30.3 Å². The highest BCUT2D eigenvalue weighted by atomic mass is 16.6. The van der Waals surface area contributed by atoms with Crippen molar-refractivity contribution in [3.63, 3.8) is 0 Å². The van der Waals surface area contributed by atoms with Crippen LogP contribution >= 0.6 is 0 Å². The number of likely N-dealkylation sites (tertiary alicyclic amines) is 1. The molecule has 1 N–H and O–H groups in total. The summed E-state index contributed by atoms with van der Waals surface area (Å²) in [4.78, 5) is 30.4. The third kappa shape index (κ3) is 6.21. The van der Waals surface area contributed by atoms with Gasteiger partial charge in [-0.2, -0.15) is 0 Å². The minimum Gasteiger partial charge on any atom is -0.450 e. The third-order valence-electron chi connectivity index (χ3n) is 5.47. The van der Waals surface area contributed by atoms with Crippen LogP contribution in [0.15, 0.2) is 30.3 Å². The molecule has 0 aliphatic carbocycles. The van der Waals surface area contributed by atoms with Gasteiger partial charge in [0.25, 0.3) is 0 Å². The van der Waals surface area contributed by atoms with Crippen molar-refractivity contribution < 1.29 is 14.3 Å². The third-order valence-corrected chi connectivity index (χ3v) is 5.47. The predicted molar refractivity (Wildman–Crippen MR) is 108 cm³/mol. The van der Waals surface area contributed by atoms with E-state index < -0.39 is 0 Å². The summed E-state index contributed by atoms with van der Waals surface area (Å²) in [5.41, 5.74) is 1.34.